The van der Waals surface area contributed by atoms with Gasteiger partial charge in [0.1, 0.15) is 12.4 Å². The van der Waals surface area contributed by atoms with Crippen LogP contribution in [0.4, 0.5) is 10.5 Å². The van der Waals surface area contributed by atoms with Gasteiger partial charge in [-0.25, -0.2) is 4.79 Å². The minimum Gasteiger partial charge on any atom is -0.496 e. The fourth-order valence-corrected chi connectivity index (χ4v) is 1.44. The third kappa shape index (κ3) is 3.31. The Labute approximate surface area is 107 Å². The molecular weight excluding hydrogens is 266 g/mol. The van der Waals surface area contributed by atoms with Gasteiger partial charge in [0.25, 0.3) is 5.69 Å². The summed E-state index contributed by atoms with van der Waals surface area (Å²) < 4.78 is 9.46. The first-order valence-electron chi connectivity index (χ1n) is 4.77. The number of aliphatic hydroxyl groups is 1. The van der Waals surface area contributed by atoms with Crippen LogP contribution in [0.25, 0.3) is 0 Å². The molecule has 0 aliphatic heterocycles. The summed E-state index contributed by atoms with van der Waals surface area (Å²) in [6, 6.07) is 2.49. The van der Waals surface area contributed by atoms with Crippen molar-refractivity contribution >= 4 is 22.7 Å². The molecule has 1 aromatic rings. The van der Waals surface area contributed by atoms with E-state index in [1.165, 1.54) is 13.2 Å². The van der Waals surface area contributed by atoms with Gasteiger partial charge < -0.3 is 14.6 Å². The van der Waals surface area contributed by atoms with Crippen LogP contribution in [0.5, 0.6) is 5.75 Å². The summed E-state index contributed by atoms with van der Waals surface area (Å²) in [7, 11) is 1.36. The Morgan fingerprint density at radius 1 is 1.50 bits per heavy atom. The van der Waals surface area contributed by atoms with Crippen LogP contribution >= 0.6 is 11.6 Å². The van der Waals surface area contributed by atoms with Crippen LogP contribution in [-0.4, -0.2) is 22.6 Å². The highest BCUT2D eigenvalue weighted by atomic mass is 35.5. The van der Waals surface area contributed by atoms with Gasteiger partial charge in [-0.2, -0.15) is 0 Å². The molecule has 18 heavy (non-hydrogen) atoms. The molecule has 0 bridgehead atoms. The monoisotopic (exact) mass is 275 g/mol. The van der Waals surface area contributed by atoms with Gasteiger partial charge in [0.15, 0.2) is 0 Å². The number of nitro benzene ring substituents is 1. The lowest BCUT2D eigenvalue weighted by Gasteiger charge is -2.09. The van der Waals surface area contributed by atoms with Gasteiger partial charge in [0, 0.05) is 23.2 Å². The summed E-state index contributed by atoms with van der Waals surface area (Å²) >= 11 is 4.99. The van der Waals surface area contributed by atoms with Gasteiger partial charge in [0.05, 0.1) is 24.2 Å². The molecule has 0 aliphatic rings. The van der Waals surface area contributed by atoms with Crippen LogP contribution in [-0.2, 0) is 18.0 Å². The van der Waals surface area contributed by atoms with E-state index in [-0.39, 0.29) is 29.2 Å². The number of methoxy groups -OCH3 is 1. The van der Waals surface area contributed by atoms with Crippen molar-refractivity contribution in [2.45, 2.75) is 13.2 Å². The molecule has 0 heterocycles. The molecule has 0 unspecified atom stereocenters. The minimum atomic E-state index is -1.06. The number of hydrogen-bond acceptors (Lipinski definition) is 6. The molecule has 0 aliphatic carbocycles. The molecular formula is C10H10ClNO6. The average Bonchev–Trinajstić information content (AvgIpc) is 2.34. The summed E-state index contributed by atoms with van der Waals surface area (Å²) in [5.74, 6) is 0.267. The molecule has 8 heteroatoms. The van der Waals surface area contributed by atoms with Crippen molar-refractivity contribution in [1.82, 2.24) is 0 Å². The molecule has 1 N–H and O–H groups in total. The smallest absolute Gasteiger partial charge is 0.404 e. The number of nitrogens with zero attached hydrogens (tertiary/aromatic N) is 1. The molecule has 0 spiro atoms. The summed E-state index contributed by atoms with van der Waals surface area (Å²) in [6.07, 6.45) is 0. The number of hydrogen-bond donors (Lipinski definition) is 1. The predicted molar refractivity (Wildman–Crippen MR) is 61.6 cm³/mol. The van der Waals surface area contributed by atoms with Crippen molar-refractivity contribution in [3.8, 4) is 5.75 Å². The lowest BCUT2D eigenvalue weighted by molar-refractivity contribution is -0.385. The molecule has 0 saturated heterocycles. The number of ether oxygens (including phenoxy) is 2. The summed E-state index contributed by atoms with van der Waals surface area (Å²) in [5, 5.41) is 19.9. The fourth-order valence-electron chi connectivity index (χ4n) is 1.39. The Morgan fingerprint density at radius 3 is 2.61 bits per heavy atom. The SMILES string of the molecule is COc1cc(COC(=O)Cl)c([N+](=O)[O-])cc1CO. The molecule has 0 atom stereocenters. The Balaban J connectivity index is 3.20. The molecule has 0 fully saturated rings. The zero-order chi connectivity index (χ0) is 13.7. The molecule has 1 aromatic carbocycles. The second-order valence-electron chi connectivity index (χ2n) is 3.23. The zero-order valence-corrected chi connectivity index (χ0v) is 10.1. The number of carbonyl (C=O) groups is 1. The Bertz CT molecular complexity index is 476. The van der Waals surface area contributed by atoms with Crippen LogP contribution in [0, 0.1) is 10.1 Å². The summed E-state index contributed by atoms with van der Waals surface area (Å²) in [6.45, 7) is -0.750. The zero-order valence-electron chi connectivity index (χ0n) is 9.38. The van der Waals surface area contributed by atoms with Crippen molar-refractivity contribution in [2.24, 2.45) is 0 Å². The maximum absolute atomic E-state index is 10.8. The normalized spacial score (nSPS) is 9.94. The summed E-state index contributed by atoms with van der Waals surface area (Å²) in [4.78, 5) is 20.7. The van der Waals surface area contributed by atoms with Crippen molar-refractivity contribution in [3.63, 3.8) is 0 Å². The van der Waals surface area contributed by atoms with Crippen LogP contribution in [0.3, 0.4) is 0 Å². The van der Waals surface area contributed by atoms with Crippen LogP contribution in [0.15, 0.2) is 12.1 Å². The van der Waals surface area contributed by atoms with E-state index in [1.54, 1.807) is 0 Å². The van der Waals surface area contributed by atoms with E-state index >= 15 is 0 Å². The average molecular weight is 276 g/mol. The highest BCUT2D eigenvalue weighted by molar-refractivity contribution is 6.61. The van der Waals surface area contributed by atoms with Crippen LogP contribution < -0.4 is 4.74 Å². The number of halogens is 1. The molecule has 98 valence electrons. The first-order valence-corrected chi connectivity index (χ1v) is 5.14. The molecule has 0 amide bonds. The lowest BCUT2D eigenvalue weighted by atomic mass is 10.1. The van der Waals surface area contributed by atoms with Gasteiger partial charge in [-0.3, -0.25) is 10.1 Å². The van der Waals surface area contributed by atoms with Gasteiger partial charge in [-0.1, -0.05) is 0 Å². The Kier molecular flexibility index (Phi) is 4.87. The van der Waals surface area contributed by atoms with Gasteiger partial charge in [-0.05, 0) is 6.07 Å². The van der Waals surface area contributed by atoms with Crippen LogP contribution in [0.1, 0.15) is 11.1 Å². The molecule has 0 radical (unpaired) electrons. The third-order valence-electron chi connectivity index (χ3n) is 2.19. The van der Waals surface area contributed by atoms with E-state index in [4.69, 9.17) is 21.4 Å². The first kappa shape index (κ1) is 14.2. The Hall–Kier alpha value is -1.86. The van der Waals surface area contributed by atoms with Crippen molar-refractivity contribution in [3.05, 3.63) is 33.4 Å². The largest absolute Gasteiger partial charge is 0.496 e. The van der Waals surface area contributed by atoms with E-state index in [0.717, 1.165) is 6.07 Å². The van der Waals surface area contributed by atoms with Gasteiger partial charge in [0.2, 0.25) is 0 Å². The summed E-state index contributed by atoms with van der Waals surface area (Å²) in [5.41, 5.74) is -0.944. The van der Waals surface area contributed by atoms with Crippen molar-refractivity contribution in [2.75, 3.05) is 7.11 Å². The van der Waals surface area contributed by atoms with Crippen molar-refractivity contribution < 1.29 is 24.3 Å². The maximum Gasteiger partial charge on any atom is 0.404 e. The topological polar surface area (TPSA) is 98.9 Å². The van der Waals surface area contributed by atoms with Gasteiger partial charge in [-0.15, -0.1) is 0 Å². The lowest BCUT2D eigenvalue weighted by Crippen LogP contribution is -2.03. The quantitative estimate of drug-likeness (QED) is 0.501. The number of benzene rings is 1. The highest BCUT2D eigenvalue weighted by Crippen LogP contribution is 2.29. The van der Waals surface area contributed by atoms with E-state index < -0.39 is 17.0 Å². The molecule has 1 rings (SSSR count). The standard InChI is InChI=1S/C10H10ClNO6/c1-17-9-3-7(5-18-10(11)14)8(12(15)16)2-6(9)4-13/h2-3,13H,4-5H2,1H3. The first-order chi connectivity index (χ1) is 8.49. The predicted octanol–water partition coefficient (Wildman–Crippen LogP) is 1.97. The molecule has 0 saturated carbocycles. The molecule has 7 nitrogen and oxygen atoms in total. The number of nitro groups is 1. The van der Waals surface area contributed by atoms with E-state index in [0.29, 0.717) is 0 Å². The second kappa shape index (κ2) is 6.18. The van der Waals surface area contributed by atoms with Gasteiger partial charge >= 0.3 is 5.43 Å². The van der Waals surface area contributed by atoms with Crippen LogP contribution in [0.2, 0.25) is 0 Å². The van der Waals surface area contributed by atoms with Crippen molar-refractivity contribution in [1.29, 1.82) is 0 Å². The van der Waals surface area contributed by atoms with E-state index in [9.17, 15) is 14.9 Å². The second-order valence-corrected chi connectivity index (χ2v) is 3.54. The third-order valence-corrected chi connectivity index (χ3v) is 2.30. The Morgan fingerprint density at radius 2 is 2.17 bits per heavy atom. The van der Waals surface area contributed by atoms with E-state index in [1.807, 2.05) is 0 Å². The molecule has 0 aromatic heterocycles. The maximum atomic E-state index is 10.8. The number of rotatable bonds is 5. The van der Waals surface area contributed by atoms with E-state index in [2.05, 4.69) is 4.74 Å². The number of carbonyl (C=O) groups excluding carboxylic acids is 1. The highest BCUT2D eigenvalue weighted by Gasteiger charge is 2.19. The fraction of sp³-hybridized carbons (Fsp3) is 0.300. The minimum absolute atomic E-state index is 0.128. The number of aliphatic hydroxyl groups excluding tert-OH is 1.